The summed E-state index contributed by atoms with van der Waals surface area (Å²) in [5.41, 5.74) is 1.69. The second-order valence-corrected chi connectivity index (χ2v) is 4.97. The van der Waals surface area contributed by atoms with Crippen molar-refractivity contribution in [1.29, 1.82) is 5.26 Å². The number of hydrogen-bond acceptors (Lipinski definition) is 6. The summed E-state index contributed by atoms with van der Waals surface area (Å²) in [6.45, 7) is 0. The molecule has 0 saturated carbocycles. The number of carbonyl (C=O) groups excluding carboxylic acids is 1. The van der Waals surface area contributed by atoms with Crippen molar-refractivity contribution < 1.29 is 9.32 Å². The van der Waals surface area contributed by atoms with Crippen LogP contribution in [0.3, 0.4) is 0 Å². The summed E-state index contributed by atoms with van der Waals surface area (Å²) in [6.07, 6.45) is 2.17. The lowest BCUT2D eigenvalue weighted by molar-refractivity contribution is -0.116. The van der Waals surface area contributed by atoms with Crippen molar-refractivity contribution in [2.24, 2.45) is 0 Å². The molecule has 0 atom stereocenters. The van der Waals surface area contributed by atoms with Crippen molar-refractivity contribution >= 4 is 11.6 Å². The smallest absolute Gasteiger partial charge is 0.227 e. The van der Waals surface area contributed by atoms with E-state index in [0.717, 1.165) is 0 Å². The Kier molecular flexibility index (Phi) is 4.58. The van der Waals surface area contributed by atoms with E-state index >= 15 is 0 Å². The molecule has 1 aromatic carbocycles. The predicted octanol–water partition coefficient (Wildman–Crippen LogP) is 2.57. The molecule has 0 bridgehead atoms. The van der Waals surface area contributed by atoms with Gasteiger partial charge in [-0.2, -0.15) is 10.2 Å². The minimum Gasteiger partial charge on any atom is -0.339 e. The predicted molar refractivity (Wildman–Crippen MR) is 85.6 cm³/mol. The molecule has 3 aromatic rings. The second kappa shape index (κ2) is 7.15. The monoisotopic (exact) mass is 319 g/mol. The van der Waals surface area contributed by atoms with Gasteiger partial charge in [0.1, 0.15) is 5.69 Å². The first-order chi connectivity index (χ1) is 11.7. The Hall–Kier alpha value is -3.53. The van der Waals surface area contributed by atoms with Crippen LogP contribution in [-0.2, 0) is 11.2 Å². The number of pyridine rings is 1. The molecule has 0 aliphatic carbocycles. The summed E-state index contributed by atoms with van der Waals surface area (Å²) < 4.78 is 5.13. The van der Waals surface area contributed by atoms with Gasteiger partial charge in [-0.15, -0.1) is 0 Å². The van der Waals surface area contributed by atoms with Gasteiger partial charge in [0.2, 0.25) is 17.6 Å². The zero-order chi connectivity index (χ0) is 16.8. The minimum atomic E-state index is -0.192. The van der Waals surface area contributed by atoms with Crippen molar-refractivity contribution in [1.82, 2.24) is 15.1 Å². The standard InChI is InChI=1S/C17H13N5O2/c18-11-12-4-3-5-13(10-12)20-15(23)7-8-16-21-17(22-24-16)14-6-1-2-9-19-14/h1-6,9-10H,7-8H2,(H,20,23). The average molecular weight is 319 g/mol. The molecule has 3 rings (SSSR count). The van der Waals surface area contributed by atoms with E-state index in [1.54, 1.807) is 42.6 Å². The summed E-state index contributed by atoms with van der Waals surface area (Å²) in [5.74, 6) is 0.576. The van der Waals surface area contributed by atoms with E-state index in [1.165, 1.54) is 0 Å². The molecule has 0 fully saturated rings. The van der Waals surface area contributed by atoms with Gasteiger partial charge in [-0.1, -0.05) is 17.3 Å². The molecule has 7 heteroatoms. The number of rotatable bonds is 5. The zero-order valence-electron chi connectivity index (χ0n) is 12.6. The summed E-state index contributed by atoms with van der Waals surface area (Å²) >= 11 is 0. The van der Waals surface area contributed by atoms with Crippen LogP contribution < -0.4 is 5.32 Å². The first-order valence-electron chi connectivity index (χ1n) is 7.28. The highest BCUT2D eigenvalue weighted by Crippen LogP contribution is 2.14. The maximum Gasteiger partial charge on any atom is 0.227 e. The molecule has 24 heavy (non-hydrogen) atoms. The Morgan fingerprint density at radius 1 is 1.25 bits per heavy atom. The third kappa shape index (κ3) is 3.81. The van der Waals surface area contributed by atoms with Gasteiger partial charge in [0.05, 0.1) is 11.6 Å². The molecule has 2 aromatic heterocycles. The number of aromatic nitrogens is 3. The van der Waals surface area contributed by atoms with Gasteiger partial charge in [0.25, 0.3) is 0 Å². The Balaban J connectivity index is 1.57. The third-order valence-electron chi connectivity index (χ3n) is 3.20. The van der Waals surface area contributed by atoms with Crippen molar-refractivity contribution in [2.45, 2.75) is 12.8 Å². The number of nitrogens with zero attached hydrogens (tertiary/aromatic N) is 4. The van der Waals surface area contributed by atoms with Gasteiger partial charge < -0.3 is 9.84 Å². The van der Waals surface area contributed by atoms with Crippen LogP contribution in [0.25, 0.3) is 11.5 Å². The highest BCUT2D eigenvalue weighted by atomic mass is 16.5. The minimum absolute atomic E-state index is 0.192. The van der Waals surface area contributed by atoms with E-state index in [0.29, 0.717) is 35.1 Å². The quantitative estimate of drug-likeness (QED) is 0.775. The molecular formula is C17H13N5O2. The van der Waals surface area contributed by atoms with Crippen LogP contribution in [0.2, 0.25) is 0 Å². The molecule has 0 saturated heterocycles. The maximum absolute atomic E-state index is 12.0. The van der Waals surface area contributed by atoms with Gasteiger partial charge in [-0.25, -0.2) is 0 Å². The number of benzene rings is 1. The zero-order valence-corrected chi connectivity index (χ0v) is 12.6. The lowest BCUT2D eigenvalue weighted by atomic mass is 10.2. The first kappa shape index (κ1) is 15.4. The highest BCUT2D eigenvalue weighted by molar-refractivity contribution is 5.90. The van der Waals surface area contributed by atoms with E-state index in [9.17, 15) is 4.79 Å². The molecule has 2 heterocycles. The van der Waals surface area contributed by atoms with Crippen LogP contribution >= 0.6 is 0 Å². The van der Waals surface area contributed by atoms with E-state index < -0.39 is 0 Å². The first-order valence-corrected chi connectivity index (χ1v) is 7.28. The molecule has 0 radical (unpaired) electrons. The Morgan fingerprint density at radius 3 is 2.96 bits per heavy atom. The molecular weight excluding hydrogens is 306 g/mol. The fourth-order valence-corrected chi connectivity index (χ4v) is 2.07. The maximum atomic E-state index is 12.0. The fraction of sp³-hybridized carbons (Fsp3) is 0.118. The topological polar surface area (TPSA) is 105 Å². The van der Waals surface area contributed by atoms with Crippen LogP contribution in [0.4, 0.5) is 5.69 Å². The van der Waals surface area contributed by atoms with Crippen LogP contribution in [0.1, 0.15) is 17.9 Å². The summed E-state index contributed by atoms with van der Waals surface area (Å²) in [7, 11) is 0. The molecule has 0 unspecified atom stereocenters. The van der Waals surface area contributed by atoms with Gasteiger partial charge in [0, 0.05) is 24.7 Å². The molecule has 118 valence electrons. The van der Waals surface area contributed by atoms with Gasteiger partial charge in [0.15, 0.2) is 0 Å². The fourth-order valence-electron chi connectivity index (χ4n) is 2.07. The lowest BCUT2D eigenvalue weighted by Gasteiger charge is -2.04. The van der Waals surface area contributed by atoms with Gasteiger partial charge >= 0.3 is 0 Å². The number of anilines is 1. The van der Waals surface area contributed by atoms with Gasteiger partial charge in [-0.05, 0) is 30.3 Å². The van der Waals surface area contributed by atoms with Crippen LogP contribution in [0, 0.1) is 11.3 Å². The summed E-state index contributed by atoms with van der Waals surface area (Å²) in [4.78, 5) is 20.3. The Morgan fingerprint density at radius 2 is 2.17 bits per heavy atom. The Bertz CT molecular complexity index is 883. The summed E-state index contributed by atoms with van der Waals surface area (Å²) in [5, 5.41) is 15.4. The number of hydrogen-bond donors (Lipinski definition) is 1. The number of nitrogens with one attached hydrogen (secondary N) is 1. The third-order valence-corrected chi connectivity index (χ3v) is 3.20. The van der Waals surface area contributed by atoms with Crippen LogP contribution in [0.5, 0.6) is 0 Å². The van der Waals surface area contributed by atoms with E-state index in [2.05, 4.69) is 20.4 Å². The lowest BCUT2D eigenvalue weighted by Crippen LogP contribution is -2.12. The molecule has 1 N–H and O–H groups in total. The van der Waals surface area contributed by atoms with Crippen molar-refractivity contribution in [3.8, 4) is 17.6 Å². The Labute approximate surface area is 138 Å². The van der Waals surface area contributed by atoms with E-state index in [1.807, 2.05) is 12.1 Å². The summed E-state index contributed by atoms with van der Waals surface area (Å²) in [6, 6.07) is 14.2. The average Bonchev–Trinajstić information content (AvgIpc) is 3.10. The molecule has 0 spiro atoms. The van der Waals surface area contributed by atoms with Gasteiger partial charge in [-0.3, -0.25) is 9.78 Å². The normalized spacial score (nSPS) is 10.1. The highest BCUT2D eigenvalue weighted by Gasteiger charge is 2.11. The van der Waals surface area contributed by atoms with Crippen LogP contribution in [-0.4, -0.2) is 21.0 Å². The van der Waals surface area contributed by atoms with Crippen molar-refractivity contribution in [2.75, 3.05) is 5.32 Å². The molecule has 7 nitrogen and oxygen atoms in total. The van der Waals surface area contributed by atoms with Crippen LogP contribution in [0.15, 0.2) is 53.2 Å². The molecule has 1 amide bonds. The number of nitriles is 1. The largest absolute Gasteiger partial charge is 0.339 e. The molecule has 0 aliphatic rings. The van der Waals surface area contributed by atoms with E-state index in [-0.39, 0.29) is 12.3 Å². The second-order valence-electron chi connectivity index (χ2n) is 4.97. The number of carbonyl (C=O) groups is 1. The van der Waals surface area contributed by atoms with Crippen molar-refractivity contribution in [3.05, 3.63) is 60.1 Å². The number of amides is 1. The van der Waals surface area contributed by atoms with E-state index in [4.69, 9.17) is 9.78 Å². The van der Waals surface area contributed by atoms with Crippen molar-refractivity contribution in [3.63, 3.8) is 0 Å². The molecule has 0 aliphatic heterocycles. The number of aryl methyl sites for hydroxylation is 1. The SMILES string of the molecule is N#Cc1cccc(NC(=O)CCc2nc(-c3ccccn3)no2)c1.